The van der Waals surface area contributed by atoms with Crippen molar-refractivity contribution in [2.24, 2.45) is 35.5 Å². The number of ether oxygens (including phenoxy) is 2. The lowest BCUT2D eigenvalue weighted by atomic mass is 9.66. The Morgan fingerprint density at radius 2 is 1.59 bits per heavy atom. The predicted molar refractivity (Wildman–Crippen MR) is 133 cm³/mol. The van der Waals surface area contributed by atoms with Crippen molar-refractivity contribution in [3.05, 3.63) is 12.2 Å². The summed E-state index contributed by atoms with van der Waals surface area (Å²) < 4.78 is 11.9. The minimum atomic E-state index is -1.72. The Morgan fingerprint density at radius 1 is 1.00 bits per heavy atom. The summed E-state index contributed by atoms with van der Waals surface area (Å²) in [5.74, 6) is -2.56. The molecular weight excluding hydrogens is 434 g/mol. The molecule has 0 radical (unpaired) electrons. The molecule has 0 aliphatic carbocycles. The highest BCUT2D eigenvalue weighted by Crippen LogP contribution is 2.43. The van der Waals surface area contributed by atoms with Gasteiger partial charge in [-0.1, -0.05) is 46.8 Å². The monoisotopic (exact) mass is 481 g/mol. The molecule has 2 aliphatic rings. The largest absolute Gasteiger partial charge is 0.462 e. The van der Waals surface area contributed by atoms with Gasteiger partial charge >= 0.3 is 5.97 Å². The van der Waals surface area contributed by atoms with Gasteiger partial charge in [0.15, 0.2) is 0 Å². The number of carbonyl (C=O) groups is 1. The molecule has 1 unspecified atom stereocenters. The molecule has 4 N–H and O–H groups in total. The van der Waals surface area contributed by atoms with Crippen LogP contribution in [0.2, 0.25) is 0 Å². The van der Waals surface area contributed by atoms with Crippen molar-refractivity contribution in [1.82, 2.24) is 0 Å². The van der Waals surface area contributed by atoms with Crippen molar-refractivity contribution < 1.29 is 29.6 Å². The Bertz CT molecular complexity index is 762. The van der Waals surface area contributed by atoms with E-state index in [0.717, 1.165) is 12.0 Å². The van der Waals surface area contributed by atoms with Crippen molar-refractivity contribution in [2.75, 3.05) is 6.61 Å². The van der Waals surface area contributed by atoms with Crippen LogP contribution in [0.25, 0.3) is 0 Å². The van der Waals surface area contributed by atoms with Gasteiger partial charge in [0.25, 0.3) is 0 Å². The van der Waals surface area contributed by atoms with Crippen LogP contribution in [-0.2, 0) is 14.3 Å². The average Bonchev–Trinajstić information content (AvgIpc) is 2.73. The van der Waals surface area contributed by atoms with Gasteiger partial charge in [0, 0.05) is 17.5 Å². The zero-order chi connectivity index (χ0) is 26.2. The van der Waals surface area contributed by atoms with E-state index in [2.05, 4.69) is 6.58 Å². The summed E-state index contributed by atoms with van der Waals surface area (Å²) in [6.45, 7) is 18.4. The van der Waals surface area contributed by atoms with Gasteiger partial charge < -0.3 is 30.2 Å². The quantitative estimate of drug-likeness (QED) is 0.335. The van der Waals surface area contributed by atoms with E-state index in [-0.39, 0.29) is 48.2 Å². The first-order valence-corrected chi connectivity index (χ1v) is 12.7. The molecule has 2 heterocycles. The van der Waals surface area contributed by atoms with E-state index in [1.807, 2.05) is 34.6 Å². The molecule has 7 nitrogen and oxygen atoms in total. The lowest BCUT2D eigenvalue weighted by molar-refractivity contribution is -0.173. The van der Waals surface area contributed by atoms with Gasteiger partial charge in [0.2, 0.25) is 0 Å². The second-order valence-corrected chi connectivity index (χ2v) is 11.8. The molecule has 2 aliphatic heterocycles. The zero-order valence-corrected chi connectivity index (χ0v) is 22.3. The lowest BCUT2D eigenvalue weighted by Crippen LogP contribution is -2.52. The molecule has 34 heavy (non-hydrogen) atoms. The highest BCUT2D eigenvalue weighted by atomic mass is 16.5. The van der Waals surface area contributed by atoms with Crippen molar-refractivity contribution in [1.29, 1.82) is 5.41 Å². The molecule has 0 aromatic heterocycles. The van der Waals surface area contributed by atoms with Crippen molar-refractivity contribution >= 4 is 11.7 Å². The van der Waals surface area contributed by atoms with E-state index < -0.39 is 35.1 Å². The molecule has 0 spiro atoms. The number of cyclic esters (lactones) is 1. The molecule has 11 atom stereocenters. The van der Waals surface area contributed by atoms with Crippen LogP contribution >= 0.6 is 0 Å². The van der Waals surface area contributed by atoms with Crippen LogP contribution in [-0.4, -0.2) is 63.1 Å². The molecular formula is C27H47NO6. The van der Waals surface area contributed by atoms with Crippen LogP contribution in [0.15, 0.2) is 12.2 Å². The minimum Gasteiger partial charge on any atom is -0.462 e. The topological polar surface area (TPSA) is 120 Å². The SMILES string of the molecule is C=C1CC([C@H]2[C@H](C)[C@@H](C)[C@](C)(O)C[C@@H](C)C(=N)[C@H](C)[C@@H](O)[C@](C)(O)COC(=O)[C@@H]2C)O[C@@H](C)C1. The van der Waals surface area contributed by atoms with Gasteiger partial charge in [-0.3, -0.25) is 4.79 Å². The Morgan fingerprint density at radius 3 is 2.15 bits per heavy atom. The Balaban J connectivity index is 2.50. The van der Waals surface area contributed by atoms with Crippen molar-refractivity contribution in [3.8, 4) is 0 Å². The normalized spacial score (nSPS) is 48.2. The summed E-state index contributed by atoms with van der Waals surface area (Å²) in [5, 5.41) is 41.9. The zero-order valence-electron chi connectivity index (χ0n) is 22.3. The van der Waals surface area contributed by atoms with Gasteiger partial charge in [-0.2, -0.15) is 0 Å². The van der Waals surface area contributed by atoms with E-state index in [1.165, 1.54) is 6.92 Å². The first-order chi connectivity index (χ1) is 15.5. The van der Waals surface area contributed by atoms with Gasteiger partial charge in [-0.25, -0.2) is 0 Å². The molecule has 0 bridgehead atoms. The number of rotatable bonds is 1. The molecule has 0 aromatic carbocycles. The highest BCUT2D eigenvalue weighted by molar-refractivity contribution is 5.86. The maximum Gasteiger partial charge on any atom is 0.309 e. The summed E-state index contributed by atoms with van der Waals surface area (Å²) in [4.78, 5) is 13.2. The Hall–Kier alpha value is -1.28. The van der Waals surface area contributed by atoms with Crippen LogP contribution in [0.5, 0.6) is 0 Å². The van der Waals surface area contributed by atoms with E-state index in [0.29, 0.717) is 12.8 Å². The standard InChI is InChI=1S/C27H47NO6/c1-14-10-16(3)34-21(11-14)22-17(4)20(7)26(8,31)12-15(2)23(28)19(6)24(29)27(9,32)13-33-25(30)18(22)5/h15-22,24,28-29,31-32H,1,10-13H2,2-9H3/t15-,16+,17-,18-,19+,20-,21?,22+,24-,26-,27-/m1/s1. The number of hydrogen-bond donors (Lipinski definition) is 4. The van der Waals surface area contributed by atoms with Gasteiger partial charge in [-0.15, -0.1) is 0 Å². The minimum absolute atomic E-state index is 0.0107. The maximum absolute atomic E-state index is 13.2. The molecule has 2 fully saturated rings. The van der Waals surface area contributed by atoms with E-state index >= 15 is 0 Å². The van der Waals surface area contributed by atoms with Crippen LogP contribution < -0.4 is 0 Å². The van der Waals surface area contributed by atoms with E-state index in [4.69, 9.17) is 14.9 Å². The second-order valence-electron chi connectivity index (χ2n) is 11.8. The molecule has 7 heteroatoms. The van der Waals surface area contributed by atoms with Gasteiger partial charge in [0.05, 0.1) is 29.8 Å². The van der Waals surface area contributed by atoms with Crippen LogP contribution in [0.4, 0.5) is 0 Å². The molecule has 0 saturated carbocycles. The Labute approximate surface area is 205 Å². The second kappa shape index (κ2) is 10.8. The fourth-order valence-corrected chi connectivity index (χ4v) is 6.08. The highest BCUT2D eigenvalue weighted by Gasteiger charge is 2.47. The Kier molecular flexibility index (Phi) is 9.17. The van der Waals surface area contributed by atoms with E-state index in [9.17, 15) is 20.1 Å². The van der Waals surface area contributed by atoms with Crippen molar-refractivity contribution in [3.63, 3.8) is 0 Å². The number of esters is 1. The molecule has 2 saturated heterocycles. The van der Waals surface area contributed by atoms with Crippen molar-refractivity contribution in [2.45, 2.75) is 104 Å². The predicted octanol–water partition coefficient (Wildman–Crippen LogP) is 3.74. The lowest BCUT2D eigenvalue weighted by Gasteiger charge is -2.46. The third-order valence-electron chi connectivity index (χ3n) is 8.59. The fraction of sp³-hybridized carbons (Fsp3) is 0.852. The fourth-order valence-electron chi connectivity index (χ4n) is 6.08. The first-order valence-electron chi connectivity index (χ1n) is 12.7. The molecule has 196 valence electrons. The summed E-state index contributed by atoms with van der Waals surface area (Å²) >= 11 is 0. The first kappa shape index (κ1) is 29.0. The summed E-state index contributed by atoms with van der Waals surface area (Å²) in [7, 11) is 0. The average molecular weight is 482 g/mol. The number of nitrogens with one attached hydrogen (secondary N) is 1. The molecule has 2 rings (SSSR count). The number of carbonyl (C=O) groups excluding carboxylic acids is 1. The third kappa shape index (κ3) is 6.28. The molecule has 0 aromatic rings. The van der Waals surface area contributed by atoms with Crippen LogP contribution in [0.3, 0.4) is 0 Å². The smallest absolute Gasteiger partial charge is 0.309 e. The van der Waals surface area contributed by atoms with Crippen LogP contribution in [0.1, 0.15) is 74.7 Å². The van der Waals surface area contributed by atoms with E-state index in [1.54, 1.807) is 13.8 Å². The number of aliphatic hydroxyl groups excluding tert-OH is 1. The summed E-state index contributed by atoms with van der Waals surface area (Å²) in [6.07, 6.45) is 0.196. The summed E-state index contributed by atoms with van der Waals surface area (Å²) in [5.41, 5.74) is -1.51. The maximum atomic E-state index is 13.2. The number of aliphatic hydroxyl groups is 3. The third-order valence-corrected chi connectivity index (χ3v) is 8.59. The summed E-state index contributed by atoms with van der Waals surface area (Å²) in [6, 6.07) is 0. The molecule has 0 amide bonds. The van der Waals surface area contributed by atoms with Gasteiger partial charge in [-0.05, 0) is 57.8 Å². The van der Waals surface area contributed by atoms with Gasteiger partial charge in [0.1, 0.15) is 12.2 Å². The van der Waals surface area contributed by atoms with Crippen LogP contribution in [0, 0.1) is 40.9 Å². The number of hydrogen-bond acceptors (Lipinski definition) is 7.